The molecule has 0 radical (unpaired) electrons. The number of hydrogen-bond acceptors (Lipinski definition) is 3. The van der Waals surface area contributed by atoms with Gasteiger partial charge in [0.05, 0.1) is 6.42 Å². The number of hydrogen-bond donors (Lipinski definition) is 3. The molecule has 0 aliphatic carbocycles. The zero-order valence-corrected chi connectivity index (χ0v) is 10.7. The number of rotatable bonds is 6. The predicted octanol–water partition coefficient (Wildman–Crippen LogP) is 0.973. The first-order valence-corrected chi connectivity index (χ1v) is 5.89. The lowest BCUT2D eigenvalue weighted by atomic mass is 10.1. The average Bonchev–Trinajstić information content (AvgIpc) is 2.33. The molecule has 0 heterocycles. The Bertz CT molecular complexity index is 461. The Morgan fingerprint density at radius 1 is 1.42 bits per heavy atom. The molecular weight excluding hydrogens is 277 g/mol. The molecule has 0 saturated heterocycles. The van der Waals surface area contributed by atoms with Gasteiger partial charge in [0.2, 0.25) is 5.91 Å². The van der Waals surface area contributed by atoms with Crippen LogP contribution in [0.5, 0.6) is 0 Å². The molecule has 0 aliphatic rings. The molecule has 19 heavy (non-hydrogen) atoms. The fourth-order valence-corrected chi connectivity index (χ4v) is 1.72. The van der Waals surface area contributed by atoms with E-state index in [1.165, 1.54) is 12.1 Å². The summed E-state index contributed by atoms with van der Waals surface area (Å²) in [6.45, 7) is -0.377. The molecule has 0 fully saturated rings. The van der Waals surface area contributed by atoms with E-state index in [9.17, 15) is 14.0 Å². The molecule has 104 valence electrons. The standard InChI is InChI=1S/C12H13ClFNO4/c13-8-2-1-3-9(14)7(8)6-11(17)15-10(4-5-16)12(18)19/h1-3,10,16H,4-6H2,(H,15,17)(H,18,19)/t10-/m1/s1. The van der Waals surface area contributed by atoms with Crippen LogP contribution in [0.1, 0.15) is 12.0 Å². The van der Waals surface area contributed by atoms with Gasteiger partial charge in [0.25, 0.3) is 0 Å². The highest BCUT2D eigenvalue weighted by Gasteiger charge is 2.20. The summed E-state index contributed by atoms with van der Waals surface area (Å²) in [6, 6.07) is 2.81. The molecule has 1 rings (SSSR count). The third-order valence-corrected chi connectivity index (χ3v) is 2.80. The topological polar surface area (TPSA) is 86.6 Å². The van der Waals surface area contributed by atoms with Crippen LogP contribution in [0, 0.1) is 5.82 Å². The van der Waals surface area contributed by atoms with Gasteiger partial charge in [-0.3, -0.25) is 4.79 Å². The first-order valence-electron chi connectivity index (χ1n) is 5.51. The maximum atomic E-state index is 13.4. The highest BCUT2D eigenvalue weighted by atomic mass is 35.5. The number of nitrogens with one attached hydrogen (secondary N) is 1. The summed E-state index contributed by atoms with van der Waals surface area (Å²) in [5, 5.41) is 19.8. The van der Waals surface area contributed by atoms with Crippen LogP contribution in [-0.4, -0.2) is 34.7 Å². The second kappa shape index (κ2) is 7.06. The van der Waals surface area contributed by atoms with Crippen molar-refractivity contribution < 1.29 is 24.2 Å². The molecular formula is C12H13ClFNO4. The Morgan fingerprint density at radius 3 is 2.63 bits per heavy atom. The van der Waals surface area contributed by atoms with Crippen LogP contribution in [0.2, 0.25) is 5.02 Å². The summed E-state index contributed by atoms with van der Waals surface area (Å²) in [6.07, 6.45) is -0.479. The molecule has 0 spiro atoms. The van der Waals surface area contributed by atoms with Crippen LogP contribution >= 0.6 is 11.6 Å². The summed E-state index contributed by atoms with van der Waals surface area (Å²) >= 11 is 5.76. The molecule has 0 aliphatic heterocycles. The van der Waals surface area contributed by atoms with Gasteiger partial charge in [-0.2, -0.15) is 0 Å². The molecule has 0 saturated carbocycles. The normalized spacial score (nSPS) is 11.9. The van der Waals surface area contributed by atoms with Gasteiger partial charge < -0.3 is 15.5 Å². The third-order valence-electron chi connectivity index (χ3n) is 2.45. The van der Waals surface area contributed by atoms with E-state index in [0.717, 1.165) is 6.07 Å². The number of benzene rings is 1. The van der Waals surface area contributed by atoms with E-state index in [1.807, 2.05) is 0 Å². The molecule has 1 atom stereocenters. The van der Waals surface area contributed by atoms with Crippen LogP contribution in [0.3, 0.4) is 0 Å². The Morgan fingerprint density at radius 2 is 2.11 bits per heavy atom. The maximum absolute atomic E-state index is 13.4. The number of carboxylic acid groups (broad SMARTS) is 1. The summed E-state index contributed by atoms with van der Waals surface area (Å²) in [7, 11) is 0. The van der Waals surface area contributed by atoms with E-state index in [1.54, 1.807) is 0 Å². The Hall–Kier alpha value is -1.66. The molecule has 3 N–H and O–H groups in total. The van der Waals surface area contributed by atoms with Crippen LogP contribution in [-0.2, 0) is 16.0 Å². The molecule has 1 aromatic carbocycles. The Kier molecular flexibility index (Phi) is 5.72. The van der Waals surface area contributed by atoms with Crippen molar-refractivity contribution in [1.29, 1.82) is 0 Å². The van der Waals surface area contributed by atoms with Gasteiger partial charge >= 0.3 is 5.97 Å². The van der Waals surface area contributed by atoms with E-state index in [4.69, 9.17) is 21.8 Å². The smallest absolute Gasteiger partial charge is 0.326 e. The molecule has 1 aromatic rings. The minimum Gasteiger partial charge on any atom is -0.480 e. The summed E-state index contributed by atoms with van der Waals surface area (Å²) in [5.74, 6) is -2.56. The molecule has 0 unspecified atom stereocenters. The van der Waals surface area contributed by atoms with Gasteiger partial charge in [0.1, 0.15) is 11.9 Å². The number of aliphatic carboxylic acids is 1. The number of carbonyl (C=O) groups excluding carboxylic acids is 1. The van der Waals surface area contributed by atoms with Crippen molar-refractivity contribution in [1.82, 2.24) is 5.32 Å². The van der Waals surface area contributed by atoms with Crippen LogP contribution < -0.4 is 5.32 Å². The second-order valence-electron chi connectivity index (χ2n) is 3.85. The number of aliphatic hydroxyl groups excluding tert-OH is 1. The van der Waals surface area contributed by atoms with Crippen LogP contribution in [0.4, 0.5) is 4.39 Å². The fraction of sp³-hybridized carbons (Fsp3) is 0.333. The first-order chi connectivity index (χ1) is 8.95. The lowest BCUT2D eigenvalue weighted by Gasteiger charge is -2.13. The van der Waals surface area contributed by atoms with Crippen molar-refractivity contribution in [3.8, 4) is 0 Å². The minimum atomic E-state index is -1.26. The largest absolute Gasteiger partial charge is 0.480 e. The van der Waals surface area contributed by atoms with Crippen molar-refractivity contribution in [2.24, 2.45) is 0 Å². The van der Waals surface area contributed by atoms with E-state index in [-0.39, 0.29) is 30.0 Å². The van der Waals surface area contributed by atoms with Crippen LogP contribution in [0.25, 0.3) is 0 Å². The van der Waals surface area contributed by atoms with Crippen LogP contribution in [0.15, 0.2) is 18.2 Å². The quantitative estimate of drug-likeness (QED) is 0.728. The predicted molar refractivity (Wildman–Crippen MR) is 66.4 cm³/mol. The van der Waals surface area contributed by atoms with Crippen molar-refractivity contribution in [2.75, 3.05) is 6.61 Å². The number of aliphatic hydroxyl groups is 1. The van der Waals surface area contributed by atoms with Gasteiger partial charge in [-0.25, -0.2) is 9.18 Å². The lowest BCUT2D eigenvalue weighted by Crippen LogP contribution is -2.42. The lowest BCUT2D eigenvalue weighted by molar-refractivity contribution is -0.142. The average molecular weight is 290 g/mol. The summed E-state index contributed by atoms with van der Waals surface area (Å²) < 4.78 is 13.4. The van der Waals surface area contributed by atoms with E-state index in [0.29, 0.717) is 0 Å². The van der Waals surface area contributed by atoms with Gasteiger partial charge in [0.15, 0.2) is 0 Å². The zero-order chi connectivity index (χ0) is 14.4. The van der Waals surface area contributed by atoms with E-state index < -0.39 is 23.7 Å². The number of carboxylic acids is 1. The molecule has 1 amide bonds. The number of halogens is 2. The first kappa shape index (κ1) is 15.4. The molecule has 0 aromatic heterocycles. The second-order valence-corrected chi connectivity index (χ2v) is 4.25. The highest BCUT2D eigenvalue weighted by Crippen LogP contribution is 2.19. The molecule has 5 nitrogen and oxygen atoms in total. The Labute approximate surface area is 114 Å². The van der Waals surface area contributed by atoms with Gasteiger partial charge in [-0.15, -0.1) is 0 Å². The highest BCUT2D eigenvalue weighted by molar-refractivity contribution is 6.31. The van der Waals surface area contributed by atoms with Crippen molar-refractivity contribution in [3.63, 3.8) is 0 Å². The Balaban J connectivity index is 2.72. The SMILES string of the molecule is O=C(Cc1c(F)cccc1Cl)N[C@H](CCO)C(=O)O. The van der Waals surface area contributed by atoms with Gasteiger partial charge in [-0.1, -0.05) is 17.7 Å². The van der Waals surface area contributed by atoms with Crippen molar-refractivity contribution in [3.05, 3.63) is 34.6 Å². The molecule has 7 heteroatoms. The van der Waals surface area contributed by atoms with Crippen molar-refractivity contribution in [2.45, 2.75) is 18.9 Å². The van der Waals surface area contributed by atoms with E-state index >= 15 is 0 Å². The van der Waals surface area contributed by atoms with Gasteiger partial charge in [-0.05, 0) is 12.1 Å². The fourth-order valence-electron chi connectivity index (χ4n) is 1.49. The molecule has 0 bridgehead atoms. The van der Waals surface area contributed by atoms with Crippen molar-refractivity contribution >= 4 is 23.5 Å². The maximum Gasteiger partial charge on any atom is 0.326 e. The number of carbonyl (C=O) groups is 2. The summed E-state index contributed by atoms with van der Waals surface area (Å²) in [4.78, 5) is 22.4. The van der Waals surface area contributed by atoms with Gasteiger partial charge in [0, 0.05) is 23.6 Å². The number of amides is 1. The minimum absolute atomic E-state index is 0.00908. The monoisotopic (exact) mass is 289 g/mol. The van der Waals surface area contributed by atoms with E-state index in [2.05, 4.69) is 5.32 Å². The zero-order valence-electron chi connectivity index (χ0n) is 9.90. The third kappa shape index (κ3) is 4.50. The summed E-state index contributed by atoms with van der Waals surface area (Å²) in [5.41, 5.74) is 0.00908.